The van der Waals surface area contributed by atoms with Crippen molar-refractivity contribution < 1.29 is 4.79 Å². The van der Waals surface area contributed by atoms with Crippen molar-refractivity contribution in [2.24, 2.45) is 0 Å². The molecule has 106 valence electrons. The normalized spacial score (nSPS) is 12.2. The molecular weight excluding hydrogens is 278 g/mol. The molecule has 0 saturated carbocycles. The number of tetrazole rings is 1. The fraction of sp³-hybridized carbons (Fsp3) is 0.385. The van der Waals surface area contributed by atoms with Gasteiger partial charge in [0.05, 0.1) is 0 Å². The van der Waals surface area contributed by atoms with Crippen LogP contribution in [-0.4, -0.2) is 32.2 Å². The van der Waals surface area contributed by atoms with E-state index >= 15 is 0 Å². The molecule has 0 spiro atoms. The molecule has 1 heterocycles. The summed E-state index contributed by atoms with van der Waals surface area (Å²) >= 11 is 5.82. The number of amides is 1. The van der Waals surface area contributed by atoms with Gasteiger partial charge in [0.25, 0.3) is 0 Å². The maximum absolute atomic E-state index is 11.7. The van der Waals surface area contributed by atoms with Crippen molar-refractivity contribution in [2.45, 2.75) is 32.9 Å². The van der Waals surface area contributed by atoms with Crippen LogP contribution in [0.3, 0.4) is 0 Å². The molecule has 0 bridgehead atoms. The van der Waals surface area contributed by atoms with Crippen LogP contribution in [0.2, 0.25) is 5.02 Å². The Morgan fingerprint density at radius 3 is 2.75 bits per heavy atom. The molecular formula is C13H16ClN5O. The topological polar surface area (TPSA) is 72.7 Å². The molecule has 0 radical (unpaired) electrons. The highest BCUT2D eigenvalue weighted by atomic mass is 35.5. The third-order valence-corrected chi connectivity index (χ3v) is 3.11. The average Bonchev–Trinajstić information content (AvgIpc) is 2.87. The number of aromatic nitrogens is 4. The van der Waals surface area contributed by atoms with Crippen LogP contribution in [0.15, 0.2) is 24.3 Å². The Kier molecular flexibility index (Phi) is 4.68. The number of carbonyl (C=O) groups excluding carboxylic acids is 1. The quantitative estimate of drug-likeness (QED) is 0.914. The number of carbonyl (C=O) groups is 1. The number of hydrogen-bond donors (Lipinski definition) is 1. The molecule has 2 aromatic rings. The first kappa shape index (κ1) is 14.5. The van der Waals surface area contributed by atoms with E-state index in [0.717, 1.165) is 12.0 Å². The summed E-state index contributed by atoms with van der Waals surface area (Å²) in [5, 5.41) is 15.5. The van der Waals surface area contributed by atoms with Gasteiger partial charge in [-0.15, -0.1) is 10.2 Å². The van der Waals surface area contributed by atoms with Crippen LogP contribution in [-0.2, 0) is 11.3 Å². The molecule has 1 amide bonds. The van der Waals surface area contributed by atoms with E-state index in [1.807, 2.05) is 26.0 Å². The lowest BCUT2D eigenvalue weighted by molar-refractivity contribution is -0.122. The maximum atomic E-state index is 11.7. The molecule has 1 atom stereocenters. The summed E-state index contributed by atoms with van der Waals surface area (Å²) in [4.78, 5) is 13.0. The average molecular weight is 294 g/mol. The Morgan fingerprint density at radius 2 is 2.10 bits per heavy atom. The van der Waals surface area contributed by atoms with E-state index in [4.69, 9.17) is 11.6 Å². The number of nitrogens with zero attached hydrogens (tertiary/aromatic N) is 4. The van der Waals surface area contributed by atoms with Gasteiger partial charge in [0.2, 0.25) is 11.7 Å². The fourth-order valence-corrected chi connectivity index (χ4v) is 1.70. The van der Waals surface area contributed by atoms with E-state index in [-0.39, 0.29) is 18.5 Å². The second-order valence-corrected chi connectivity index (χ2v) is 4.96. The molecule has 0 saturated heterocycles. The molecule has 0 aliphatic heterocycles. The van der Waals surface area contributed by atoms with E-state index in [1.54, 1.807) is 12.1 Å². The lowest BCUT2D eigenvalue weighted by Crippen LogP contribution is -2.35. The maximum Gasteiger partial charge on any atom is 0.243 e. The summed E-state index contributed by atoms with van der Waals surface area (Å²) in [5.41, 5.74) is 0.808. The summed E-state index contributed by atoms with van der Waals surface area (Å²) in [6, 6.07) is 7.27. The van der Waals surface area contributed by atoms with Crippen molar-refractivity contribution in [2.75, 3.05) is 0 Å². The Morgan fingerprint density at radius 1 is 1.40 bits per heavy atom. The molecule has 0 aliphatic rings. The fourth-order valence-electron chi connectivity index (χ4n) is 1.58. The molecule has 7 heteroatoms. The monoisotopic (exact) mass is 293 g/mol. The van der Waals surface area contributed by atoms with Crippen LogP contribution in [0.25, 0.3) is 11.4 Å². The van der Waals surface area contributed by atoms with Crippen LogP contribution in [0.1, 0.15) is 20.3 Å². The molecule has 20 heavy (non-hydrogen) atoms. The summed E-state index contributed by atoms with van der Waals surface area (Å²) in [5.74, 6) is 0.345. The van der Waals surface area contributed by atoms with Crippen molar-refractivity contribution in [1.29, 1.82) is 0 Å². The van der Waals surface area contributed by atoms with E-state index in [0.29, 0.717) is 10.8 Å². The highest BCUT2D eigenvalue weighted by Crippen LogP contribution is 2.16. The number of rotatable bonds is 5. The summed E-state index contributed by atoms with van der Waals surface area (Å²) < 4.78 is 0. The molecule has 0 fully saturated rings. The minimum Gasteiger partial charge on any atom is -0.352 e. The first-order valence-corrected chi connectivity index (χ1v) is 6.79. The van der Waals surface area contributed by atoms with Crippen molar-refractivity contribution in [3.8, 4) is 11.4 Å². The zero-order valence-corrected chi connectivity index (χ0v) is 12.1. The molecule has 0 aliphatic carbocycles. The Labute approximate surface area is 122 Å². The van der Waals surface area contributed by atoms with E-state index in [9.17, 15) is 4.79 Å². The second kappa shape index (κ2) is 6.47. The minimum atomic E-state index is -0.126. The number of nitrogens with one attached hydrogen (secondary N) is 1. The second-order valence-electron chi connectivity index (χ2n) is 4.53. The van der Waals surface area contributed by atoms with Crippen molar-refractivity contribution in [3.63, 3.8) is 0 Å². The first-order chi connectivity index (χ1) is 9.58. The number of benzene rings is 1. The van der Waals surface area contributed by atoms with Gasteiger partial charge in [-0.25, -0.2) is 0 Å². The largest absolute Gasteiger partial charge is 0.352 e. The number of hydrogen-bond acceptors (Lipinski definition) is 4. The van der Waals surface area contributed by atoms with Gasteiger partial charge >= 0.3 is 0 Å². The summed E-state index contributed by atoms with van der Waals surface area (Å²) in [7, 11) is 0. The van der Waals surface area contributed by atoms with Gasteiger partial charge in [0.15, 0.2) is 0 Å². The zero-order valence-electron chi connectivity index (χ0n) is 11.4. The Bertz CT molecular complexity index is 581. The predicted molar refractivity (Wildman–Crippen MR) is 76.2 cm³/mol. The highest BCUT2D eigenvalue weighted by molar-refractivity contribution is 6.30. The third kappa shape index (κ3) is 3.77. The number of halogens is 1. The highest BCUT2D eigenvalue weighted by Gasteiger charge is 2.10. The minimum absolute atomic E-state index is 0.0604. The molecule has 1 aromatic carbocycles. The predicted octanol–water partition coefficient (Wildman–Crippen LogP) is 1.91. The van der Waals surface area contributed by atoms with Crippen molar-refractivity contribution in [3.05, 3.63) is 29.3 Å². The standard InChI is InChI=1S/C13H16ClN5O/c1-3-9(2)15-12(20)8-19-17-13(16-18-19)10-4-6-11(14)7-5-10/h4-7,9H,3,8H2,1-2H3,(H,15,20). The smallest absolute Gasteiger partial charge is 0.243 e. The van der Waals surface area contributed by atoms with Crippen LogP contribution >= 0.6 is 11.6 Å². The van der Waals surface area contributed by atoms with Crippen LogP contribution in [0.4, 0.5) is 0 Å². The van der Waals surface area contributed by atoms with Crippen molar-refractivity contribution in [1.82, 2.24) is 25.5 Å². The van der Waals surface area contributed by atoms with Gasteiger partial charge in [0.1, 0.15) is 6.54 Å². The lowest BCUT2D eigenvalue weighted by atomic mass is 10.2. The molecule has 1 aromatic heterocycles. The summed E-state index contributed by atoms with van der Waals surface area (Å²) in [6.07, 6.45) is 0.881. The van der Waals surface area contributed by atoms with Crippen molar-refractivity contribution >= 4 is 17.5 Å². The summed E-state index contributed by atoms with van der Waals surface area (Å²) in [6.45, 7) is 4.02. The van der Waals surface area contributed by atoms with Gasteiger partial charge < -0.3 is 5.32 Å². The van der Waals surface area contributed by atoms with E-state index < -0.39 is 0 Å². The molecule has 1 N–H and O–H groups in total. The SMILES string of the molecule is CCC(C)NC(=O)Cn1nnc(-c2ccc(Cl)cc2)n1. The van der Waals surface area contributed by atoms with Gasteiger partial charge in [0, 0.05) is 16.6 Å². The zero-order chi connectivity index (χ0) is 14.5. The Hall–Kier alpha value is -1.95. The third-order valence-electron chi connectivity index (χ3n) is 2.86. The molecule has 6 nitrogen and oxygen atoms in total. The lowest BCUT2D eigenvalue weighted by Gasteiger charge is -2.10. The molecule has 1 unspecified atom stereocenters. The van der Waals surface area contributed by atoms with E-state index in [1.165, 1.54) is 4.80 Å². The van der Waals surface area contributed by atoms with Gasteiger partial charge in [-0.05, 0) is 42.8 Å². The van der Waals surface area contributed by atoms with Crippen LogP contribution < -0.4 is 5.32 Å². The van der Waals surface area contributed by atoms with Crippen LogP contribution in [0.5, 0.6) is 0 Å². The first-order valence-electron chi connectivity index (χ1n) is 6.41. The van der Waals surface area contributed by atoms with Gasteiger partial charge in [-0.1, -0.05) is 18.5 Å². The van der Waals surface area contributed by atoms with Crippen LogP contribution in [0, 0.1) is 0 Å². The van der Waals surface area contributed by atoms with Gasteiger partial charge in [-0.2, -0.15) is 4.80 Å². The van der Waals surface area contributed by atoms with Gasteiger partial charge in [-0.3, -0.25) is 4.79 Å². The van der Waals surface area contributed by atoms with E-state index in [2.05, 4.69) is 20.7 Å². The molecule has 2 rings (SSSR count). The Balaban J connectivity index is 2.02.